The van der Waals surface area contributed by atoms with E-state index in [1.54, 1.807) is 36.6 Å². The Balaban J connectivity index is 1.96. The Labute approximate surface area is 229 Å². The van der Waals surface area contributed by atoms with Crippen molar-refractivity contribution in [2.45, 2.75) is 125 Å². The average molecular weight is 699 g/mol. The summed E-state index contributed by atoms with van der Waals surface area (Å²) in [4.78, 5) is 0. The molecule has 0 aliphatic carbocycles. The van der Waals surface area contributed by atoms with Gasteiger partial charge in [0.2, 0.25) is 0 Å². The SMILES string of the molecule is CCCCCCCCn1c2c[c]([SnH])sc2c2s[c]([Sn]([CH2]CCC)([CH2]CCC)[CH2]CCC)cc21. The molecule has 0 fully saturated rings. The van der Waals surface area contributed by atoms with Crippen LogP contribution in [0.4, 0.5) is 0 Å². The van der Waals surface area contributed by atoms with Crippen LogP contribution in [0, 0.1) is 0 Å². The Morgan fingerprint density at radius 3 is 1.79 bits per heavy atom. The molecular weight excluding hydrogens is 652 g/mol. The normalized spacial score (nSPS) is 12.5. The second kappa shape index (κ2) is 14.5. The van der Waals surface area contributed by atoms with E-state index >= 15 is 0 Å². The number of rotatable bonds is 17. The predicted octanol–water partition coefficient (Wildman–Crippen LogP) is 8.86. The quantitative estimate of drug-likeness (QED) is 0.0981. The Bertz CT molecular complexity index is 946. The molecule has 0 saturated heterocycles. The number of aromatic nitrogens is 1. The minimum absolute atomic E-state index is 1.22. The monoisotopic (exact) mass is 701 g/mol. The van der Waals surface area contributed by atoms with Gasteiger partial charge in [-0.25, -0.2) is 0 Å². The van der Waals surface area contributed by atoms with Crippen molar-refractivity contribution in [1.29, 1.82) is 0 Å². The van der Waals surface area contributed by atoms with Crippen molar-refractivity contribution in [3.8, 4) is 0 Å². The summed E-state index contributed by atoms with van der Waals surface area (Å²) in [6.07, 6.45) is 16.8. The van der Waals surface area contributed by atoms with Crippen molar-refractivity contribution in [3.05, 3.63) is 12.1 Å². The van der Waals surface area contributed by atoms with E-state index in [1.165, 1.54) is 106 Å². The van der Waals surface area contributed by atoms with Gasteiger partial charge in [-0.05, 0) is 0 Å². The first kappa shape index (κ1) is 28.4. The molecule has 3 rings (SSSR count). The molecule has 5 heteroatoms. The first-order chi connectivity index (χ1) is 16.1. The van der Waals surface area contributed by atoms with Crippen LogP contribution in [0.5, 0.6) is 0 Å². The average Bonchev–Trinajstić information content (AvgIpc) is 3.48. The summed E-state index contributed by atoms with van der Waals surface area (Å²) in [6.45, 7) is 10.7. The van der Waals surface area contributed by atoms with Gasteiger partial charge in [0, 0.05) is 0 Å². The fourth-order valence-corrected chi connectivity index (χ4v) is 28.3. The van der Waals surface area contributed by atoms with Gasteiger partial charge < -0.3 is 0 Å². The van der Waals surface area contributed by atoms with Crippen molar-refractivity contribution in [1.82, 2.24) is 4.57 Å². The molecule has 0 aromatic carbocycles. The third-order valence-corrected chi connectivity index (χ3v) is 29.5. The van der Waals surface area contributed by atoms with Gasteiger partial charge in [0.25, 0.3) is 0 Å². The summed E-state index contributed by atoms with van der Waals surface area (Å²) >= 11 is 3.27. The molecular formula is C28H47NS2Sn2. The third kappa shape index (κ3) is 7.19. The molecule has 0 aliphatic rings. The third-order valence-electron chi connectivity index (χ3n) is 7.52. The van der Waals surface area contributed by atoms with Gasteiger partial charge >= 0.3 is 231 Å². The Hall–Kier alpha value is 0.797. The molecule has 0 saturated carbocycles. The Morgan fingerprint density at radius 1 is 0.667 bits per heavy atom. The van der Waals surface area contributed by atoms with E-state index in [4.69, 9.17) is 0 Å². The summed E-state index contributed by atoms with van der Waals surface area (Å²) in [7, 11) is 0. The van der Waals surface area contributed by atoms with E-state index in [9.17, 15) is 0 Å². The van der Waals surface area contributed by atoms with Gasteiger partial charge in [-0.2, -0.15) is 0 Å². The summed E-state index contributed by atoms with van der Waals surface area (Å²) in [5.41, 5.74) is 3.16. The van der Waals surface area contributed by atoms with E-state index in [0.717, 1.165) is 0 Å². The maximum atomic E-state index is 2.76. The van der Waals surface area contributed by atoms with Crippen LogP contribution in [0.25, 0.3) is 20.4 Å². The van der Waals surface area contributed by atoms with Crippen molar-refractivity contribution >= 4 is 89.8 Å². The molecule has 2 radical (unpaired) electrons. The molecule has 3 aromatic rings. The number of hydrogen-bond acceptors (Lipinski definition) is 2. The standard InChI is InChI=1S/C16H19NS2.3C4H9.2Sn.H/c1-2-3-4-5-6-7-10-17-13-8-11-18-15(13)16-14(17)9-12-19-16;3*1-3-4-2;;;/h8-9H,2-7,10H2,1H3;3*1,3-4H2,2H3;;;. The van der Waals surface area contributed by atoms with Crippen LogP contribution >= 0.6 is 22.7 Å². The van der Waals surface area contributed by atoms with E-state index in [1.807, 2.05) is 2.89 Å². The van der Waals surface area contributed by atoms with E-state index in [-0.39, 0.29) is 0 Å². The van der Waals surface area contributed by atoms with Crippen molar-refractivity contribution in [3.63, 3.8) is 0 Å². The van der Waals surface area contributed by atoms with E-state index < -0.39 is 18.4 Å². The molecule has 0 amide bonds. The van der Waals surface area contributed by atoms with Crippen molar-refractivity contribution in [2.75, 3.05) is 0 Å². The van der Waals surface area contributed by atoms with Crippen LogP contribution in [0.2, 0.25) is 13.3 Å². The molecule has 0 spiro atoms. The summed E-state index contributed by atoms with van der Waals surface area (Å²) < 4.78 is 14.3. The molecule has 0 N–H and O–H groups in total. The molecule has 184 valence electrons. The first-order valence-corrected chi connectivity index (χ1v) is 24.7. The zero-order chi connectivity index (χ0) is 23.7. The fourth-order valence-electron chi connectivity index (χ4n) is 5.48. The first-order valence-electron chi connectivity index (χ1n) is 13.9. The summed E-state index contributed by atoms with van der Waals surface area (Å²) in [5.74, 6) is 0. The number of hydrogen-bond donors (Lipinski definition) is 0. The van der Waals surface area contributed by atoms with Crippen LogP contribution in [0.1, 0.15) is 105 Å². The number of nitrogens with zero attached hydrogens (tertiary/aromatic N) is 1. The van der Waals surface area contributed by atoms with Crippen molar-refractivity contribution < 1.29 is 0 Å². The van der Waals surface area contributed by atoms with Crippen LogP contribution in [-0.4, -0.2) is 45.5 Å². The van der Waals surface area contributed by atoms with Crippen LogP contribution in [-0.2, 0) is 6.54 Å². The summed E-state index contributed by atoms with van der Waals surface area (Å²) in [5, 5.41) is 0. The molecule has 0 unspecified atom stereocenters. The zero-order valence-corrected chi connectivity index (χ0v) is 29.6. The van der Waals surface area contributed by atoms with Gasteiger partial charge in [-0.1, -0.05) is 0 Å². The second-order valence-electron chi connectivity index (χ2n) is 10.2. The summed E-state index contributed by atoms with van der Waals surface area (Å²) in [6, 6.07) is 5.28. The molecule has 0 aliphatic heterocycles. The van der Waals surface area contributed by atoms with Gasteiger partial charge in [-0.3, -0.25) is 0 Å². The van der Waals surface area contributed by atoms with Gasteiger partial charge in [-0.15, -0.1) is 0 Å². The number of fused-ring (bicyclic) bond motifs is 3. The van der Waals surface area contributed by atoms with E-state index in [0.29, 0.717) is 0 Å². The van der Waals surface area contributed by atoms with Crippen molar-refractivity contribution in [2.24, 2.45) is 0 Å². The molecule has 3 aromatic heterocycles. The minimum atomic E-state index is -2.36. The van der Waals surface area contributed by atoms with Crippen LogP contribution in [0.3, 0.4) is 0 Å². The molecule has 33 heavy (non-hydrogen) atoms. The second-order valence-corrected chi connectivity index (χ2v) is 29.5. The predicted molar refractivity (Wildman–Crippen MR) is 160 cm³/mol. The number of unbranched alkanes of at least 4 members (excludes halogenated alkanes) is 8. The topological polar surface area (TPSA) is 4.93 Å². The van der Waals surface area contributed by atoms with Gasteiger partial charge in [0.1, 0.15) is 0 Å². The van der Waals surface area contributed by atoms with E-state index in [2.05, 4.69) is 67.1 Å². The molecule has 0 atom stereocenters. The fraction of sp³-hybridized carbons (Fsp3) is 0.714. The molecule has 3 heterocycles. The molecule has 0 bridgehead atoms. The zero-order valence-electron chi connectivity index (χ0n) is 21.8. The van der Waals surface area contributed by atoms with Gasteiger partial charge in [0.05, 0.1) is 0 Å². The Morgan fingerprint density at radius 2 is 1.18 bits per heavy atom. The molecule has 1 nitrogen and oxygen atoms in total. The van der Waals surface area contributed by atoms with Gasteiger partial charge in [0.15, 0.2) is 0 Å². The number of aryl methyl sites for hydroxylation is 1. The maximum absolute atomic E-state index is 2.76. The van der Waals surface area contributed by atoms with Crippen LogP contribution < -0.4 is 5.79 Å². The number of thiophene rings is 2. The Kier molecular flexibility index (Phi) is 12.5. The van der Waals surface area contributed by atoms with Crippen LogP contribution in [0.15, 0.2) is 12.1 Å².